The Kier molecular flexibility index (Phi) is 7.39. The van der Waals surface area contributed by atoms with E-state index in [0.717, 1.165) is 23.1 Å². The molecule has 3 rings (SSSR count). The largest absolute Gasteiger partial charge is 0.466 e. The Labute approximate surface area is 177 Å². The Morgan fingerprint density at radius 3 is 2.07 bits per heavy atom. The van der Waals surface area contributed by atoms with Crippen molar-refractivity contribution < 1.29 is 14.3 Å². The molecule has 0 aliphatic rings. The lowest BCUT2D eigenvalue weighted by Gasteiger charge is -2.15. The minimum atomic E-state index is -0.450. The highest BCUT2D eigenvalue weighted by Crippen LogP contribution is 2.23. The maximum absolute atomic E-state index is 12.8. The molecule has 3 aromatic rings. The lowest BCUT2D eigenvalue weighted by molar-refractivity contribution is -0.148. The molecule has 2 N–H and O–H groups in total. The van der Waals surface area contributed by atoms with Gasteiger partial charge in [0.25, 0.3) is 0 Å². The zero-order valence-corrected chi connectivity index (χ0v) is 17.2. The quantitative estimate of drug-likeness (QED) is 0.299. The molecule has 3 aromatic carbocycles. The van der Waals surface area contributed by atoms with Gasteiger partial charge >= 0.3 is 5.97 Å². The fourth-order valence-electron chi connectivity index (χ4n) is 3.41. The summed E-state index contributed by atoms with van der Waals surface area (Å²) >= 11 is 0. The Balaban J connectivity index is 1.67. The normalized spacial score (nSPS) is 11.6. The number of nitrogens with two attached hydrogens (primary N) is 1. The Hall–Kier alpha value is -3.40. The van der Waals surface area contributed by atoms with Gasteiger partial charge in [0.1, 0.15) is 0 Å². The first-order valence-corrected chi connectivity index (χ1v) is 10.3. The molecule has 1 unspecified atom stereocenters. The van der Waals surface area contributed by atoms with Gasteiger partial charge in [0.05, 0.1) is 12.5 Å². The highest BCUT2D eigenvalue weighted by molar-refractivity contribution is 5.98. The van der Waals surface area contributed by atoms with E-state index in [1.165, 1.54) is 0 Å². The molecule has 0 saturated carbocycles. The number of hydrogen-bond donors (Lipinski definition) is 1. The van der Waals surface area contributed by atoms with Crippen LogP contribution in [0.3, 0.4) is 0 Å². The molecule has 0 heterocycles. The third kappa shape index (κ3) is 5.80. The molecule has 0 bridgehead atoms. The molecular weight excluding hydrogens is 374 g/mol. The fourth-order valence-corrected chi connectivity index (χ4v) is 3.41. The maximum atomic E-state index is 12.8. The molecule has 0 saturated heterocycles. The number of ketones is 1. The van der Waals surface area contributed by atoms with Crippen LogP contribution in [0, 0.1) is 5.92 Å². The summed E-state index contributed by atoms with van der Waals surface area (Å²) in [6, 6.07) is 25.0. The van der Waals surface area contributed by atoms with Crippen molar-refractivity contribution >= 4 is 17.4 Å². The number of esters is 1. The second kappa shape index (κ2) is 10.4. The van der Waals surface area contributed by atoms with Crippen molar-refractivity contribution in [2.24, 2.45) is 5.92 Å². The van der Waals surface area contributed by atoms with Crippen molar-refractivity contribution in [3.8, 4) is 11.1 Å². The van der Waals surface area contributed by atoms with Crippen LogP contribution in [-0.2, 0) is 16.0 Å². The van der Waals surface area contributed by atoms with Crippen molar-refractivity contribution in [2.45, 2.75) is 26.2 Å². The van der Waals surface area contributed by atoms with Gasteiger partial charge < -0.3 is 10.5 Å². The number of nitrogen functional groups attached to an aromatic ring is 1. The summed E-state index contributed by atoms with van der Waals surface area (Å²) in [5.41, 5.74) is 10.2. The van der Waals surface area contributed by atoms with Gasteiger partial charge in [0.2, 0.25) is 0 Å². The number of rotatable bonds is 9. The average Bonchev–Trinajstić information content (AvgIpc) is 2.78. The zero-order valence-electron chi connectivity index (χ0n) is 17.2. The molecule has 4 nitrogen and oxygen atoms in total. The number of carbonyl (C=O) groups excluding carboxylic acids is 2. The predicted molar refractivity (Wildman–Crippen MR) is 120 cm³/mol. The molecule has 0 spiro atoms. The summed E-state index contributed by atoms with van der Waals surface area (Å²) in [5, 5.41) is 0. The number of Topliss-reactive ketones (excluding diaryl/α,β-unsaturated/α-hetero) is 1. The Morgan fingerprint density at radius 1 is 0.867 bits per heavy atom. The van der Waals surface area contributed by atoms with Gasteiger partial charge in [0, 0.05) is 17.7 Å². The minimum Gasteiger partial charge on any atom is -0.466 e. The van der Waals surface area contributed by atoms with Crippen LogP contribution in [0.2, 0.25) is 0 Å². The van der Waals surface area contributed by atoms with Gasteiger partial charge in [0.15, 0.2) is 5.78 Å². The van der Waals surface area contributed by atoms with Crippen LogP contribution in [0.15, 0.2) is 78.9 Å². The van der Waals surface area contributed by atoms with Crippen LogP contribution in [0.5, 0.6) is 0 Å². The molecular formula is C26H27NO3. The molecule has 0 amide bonds. The molecule has 154 valence electrons. The first kappa shape index (κ1) is 21.3. The van der Waals surface area contributed by atoms with Gasteiger partial charge in [-0.1, -0.05) is 66.7 Å². The fraction of sp³-hybridized carbons (Fsp3) is 0.231. The zero-order chi connectivity index (χ0) is 21.3. The Morgan fingerprint density at radius 2 is 1.47 bits per heavy atom. The molecule has 4 heteroatoms. The van der Waals surface area contributed by atoms with E-state index in [9.17, 15) is 9.59 Å². The second-order valence-corrected chi connectivity index (χ2v) is 7.30. The van der Waals surface area contributed by atoms with Gasteiger partial charge in [-0.15, -0.1) is 0 Å². The van der Waals surface area contributed by atoms with E-state index >= 15 is 0 Å². The molecule has 0 radical (unpaired) electrons. The van der Waals surface area contributed by atoms with Crippen LogP contribution < -0.4 is 5.73 Å². The number of ether oxygens (including phenoxy) is 1. The van der Waals surface area contributed by atoms with Crippen molar-refractivity contribution in [3.05, 3.63) is 90.0 Å². The number of hydrogen-bond acceptors (Lipinski definition) is 4. The van der Waals surface area contributed by atoms with Crippen LogP contribution in [0.4, 0.5) is 5.69 Å². The topological polar surface area (TPSA) is 69.4 Å². The lowest BCUT2D eigenvalue weighted by atomic mass is 9.92. The number of anilines is 1. The number of aryl methyl sites for hydroxylation is 1. The third-order valence-corrected chi connectivity index (χ3v) is 5.13. The monoisotopic (exact) mass is 401 g/mol. The van der Waals surface area contributed by atoms with Crippen LogP contribution in [-0.4, -0.2) is 18.4 Å². The highest BCUT2D eigenvalue weighted by atomic mass is 16.5. The van der Waals surface area contributed by atoms with Gasteiger partial charge in [-0.25, -0.2) is 0 Å². The van der Waals surface area contributed by atoms with Crippen LogP contribution >= 0.6 is 0 Å². The summed E-state index contributed by atoms with van der Waals surface area (Å²) in [5.74, 6) is -0.806. The van der Waals surface area contributed by atoms with Crippen LogP contribution in [0.25, 0.3) is 11.1 Å². The molecule has 0 aliphatic carbocycles. The molecule has 0 aromatic heterocycles. The standard InChI is InChI=1S/C26H27NO3/c1-2-30-26(29)23(9-8-19-6-4-3-5-7-19)18-25(28)22-12-10-20(11-13-22)21-14-16-24(27)17-15-21/h3-7,10-17,23H,2,8-9,18,27H2,1H3. The first-order chi connectivity index (χ1) is 14.6. The lowest BCUT2D eigenvalue weighted by Crippen LogP contribution is -2.22. The summed E-state index contributed by atoms with van der Waals surface area (Å²) in [6.07, 6.45) is 1.46. The van der Waals surface area contributed by atoms with Crippen molar-refractivity contribution in [3.63, 3.8) is 0 Å². The van der Waals surface area contributed by atoms with E-state index in [2.05, 4.69) is 0 Å². The van der Waals surface area contributed by atoms with Crippen LogP contribution in [0.1, 0.15) is 35.7 Å². The van der Waals surface area contributed by atoms with Gasteiger partial charge in [-0.2, -0.15) is 0 Å². The van der Waals surface area contributed by atoms with E-state index in [1.807, 2.05) is 78.9 Å². The summed E-state index contributed by atoms with van der Waals surface area (Å²) in [6.45, 7) is 2.09. The van der Waals surface area contributed by atoms with E-state index in [-0.39, 0.29) is 18.2 Å². The van der Waals surface area contributed by atoms with Crippen molar-refractivity contribution in [1.29, 1.82) is 0 Å². The van der Waals surface area contributed by atoms with E-state index in [4.69, 9.17) is 10.5 Å². The number of benzene rings is 3. The van der Waals surface area contributed by atoms with E-state index < -0.39 is 5.92 Å². The predicted octanol–water partition coefficient (Wildman–Crippen LogP) is 5.32. The highest BCUT2D eigenvalue weighted by Gasteiger charge is 2.23. The first-order valence-electron chi connectivity index (χ1n) is 10.3. The smallest absolute Gasteiger partial charge is 0.309 e. The van der Waals surface area contributed by atoms with Crippen molar-refractivity contribution in [2.75, 3.05) is 12.3 Å². The molecule has 0 aliphatic heterocycles. The van der Waals surface area contributed by atoms with Crippen molar-refractivity contribution in [1.82, 2.24) is 0 Å². The molecule has 30 heavy (non-hydrogen) atoms. The summed E-state index contributed by atoms with van der Waals surface area (Å²) < 4.78 is 5.21. The maximum Gasteiger partial charge on any atom is 0.309 e. The Bertz CT molecular complexity index is 963. The van der Waals surface area contributed by atoms with Gasteiger partial charge in [-0.3, -0.25) is 9.59 Å². The minimum absolute atomic E-state index is 0.0510. The van der Waals surface area contributed by atoms with E-state index in [1.54, 1.807) is 6.92 Å². The molecule has 0 fully saturated rings. The second-order valence-electron chi connectivity index (χ2n) is 7.30. The SMILES string of the molecule is CCOC(=O)C(CCc1ccccc1)CC(=O)c1ccc(-c2ccc(N)cc2)cc1. The number of carbonyl (C=O) groups is 2. The van der Waals surface area contributed by atoms with Gasteiger partial charge in [-0.05, 0) is 48.6 Å². The van der Waals surface area contributed by atoms with E-state index in [0.29, 0.717) is 24.3 Å². The summed E-state index contributed by atoms with van der Waals surface area (Å²) in [4.78, 5) is 25.3. The third-order valence-electron chi connectivity index (χ3n) is 5.13. The molecule has 1 atom stereocenters. The summed E-state index contributed by atoms with van der Waals surface area (Å²) in [7, 11) is 0. The average molecular weight is 402 g/mol.